The van der Waals surface area contributed by atoms with Gasteiger partial charge >= 0.3 is 0 Å². The van der Waals surface area contributed by atoms with Crippen LogP contribution in [0.15, 0.2) is 60.7 Å². The fourth-order valence-corrected chi connectivity index (χ4v) is 4.01. The van der Waals surface area contributed by atoms with Crippen LogP contribution in [0.4, 0.5) is 0 Å². The largest absolute Gasteiger partial charge is 0.313 e. The highest BCUT2D eigenvalue weighted by molar-refractivity contribution is 5.17. The highest BCUT2D eigenvalue weighted by atomic mass is 15.3. The smallest absolute Gasteiger partial charge is 0.0392 e. The highest BCUT2D eigenvalue weighted by Crippen LogP contribution is 2.24. The van der Waals surface area contributed by atoms with Gasteiger partial charge in [-0.25, -0.2) is 0 Å². The van der Waals surface area contributed by atoms with Crippen LogP contribution >= 0.6 is 0 Å². The minimum Gasteiger partial charge on any atom is -0.313 e. The Balaban J connectivity index is 1.45. The van der Waals surface area contributed by atoms with Crippen molar-refractivity contribution < 1.29 is 0 Å². The fraction of sp³-hybridized carbons (Fsp3) is 0.400. The molecule has 2 fully saturated rings. The molecule has 0 aliphatic carbocycles. The molecule has 2 unspecified atom stereocenters. The Bertz CT molecular complexity index is 558. The van der Waals surface area contributed by atoms with E-state index in [0.717, 1.165) is 39.3 Å². The Labute approximate surface area is 138 Å². The highest BCUT2D eigenvalue weighted by Gasteiger charge is 2.39. The molecule has 23 heavy (non-hydrogen) atoms. The average molecular weight is 307 g/mol. The van der Waals surface area contributed by atoms with Gasteiger partial charge in [-0.3, -0.25) is 9.80 Å². The number of fused-ring (bicyclic) bond motifs is 1. The van der Waals surface area contributed by atoms with E-state index in [0.29, 0.717) is 12.1 Å². The van der Waals surface area contributed by atoms with Crippen molar-refractivity contribution in [2.45, 2.75) is 25.2 Å². The molecule has 1 N–H and O–H groups in total. The molecule has 0 aromatic heterocycles. The predicted molar refractivity (Wildman–Crippen MR) is 94.1 cm³/mol. The quantitative estimate of drug-likeness (QED) is 0.935. The molecule has 0 radical (unpaired) electrons. The molecule has 3 heteroatoms. The monoisotopic (exact) mass is 307 g/mol. The van der Waals surface area contributed by atoms with Crippen molar-refractivity contribution in [3.63, 3.8) is 0 Å². The van der Waals surface area contributed by atoms with Crippen molar-refractivity contribution >= 4 is 0 Å². The number of hydrogen-bond acceptors (Lipinski definition) is 3. The van der Waals surface area contributed by atoms with Crippen LogP contribution in [0.3, 0.4) is 0 Å². The zero-order chi connectivity index (χ0) is 15.5. The van der Waals surface area contributed by atoms with Crippen LogP contribution in [0.5, 0.6) is 0 Å². The first kappa shape index (κ1) is 14.9. The first-order valence-corrected chi connectivity index (χ1v) is 8.67. The van der Waals surface area contributed by atoms with Crippen molar-refractivity contribution in [1.82, 2.24) is 15.1 Å². The molecule has 0 bridgehead atoms. The third-order valence-electron chi connectivity index (χ3n) is 5.22. The van der Waals surface area contributed by atoms with Crippen LogP contribution in [-0.4, -0.2) is 48.1 Å². The molecule has 4 rings (SSSR count). The minimum absolute atomic E-state index is 0.632. The summed E-state index contributed by atoms with van der Waals surface area (Å²) >= 11 is 0. The van der Waals surface area contributed by atoms with E-state index in [1.165, 1.54) is 11.1 Å². The van der Waals surface area contributed by atoms with Gasteiger partial charge in [0.2, 0.25) is 0 Å². The van der Waals surface area contributed by atoms with E-state index in [1.54, 1.807) is 0 Å². The van der Waals surface area contributed by atoms with Gasteiger partial charge < -0.3 is 5.32 Å². The van der Waals surface area contributed by atoms with Crippen LogP contribution in [0.25, 0.3) is 0 Å². The third kappa shape index (κ3) is 3.32. The molecule has 2 aliphatic heterocycles. The van der Waals surface area contributed by atoms with E-state index in [4.69, 9.17) is 0 Å². The molecule has 0 amide bonds. The Hall–Kier alpha value is -1.68. The van der Waals surface area contributed by atoms with Gasteiger partial charge in [0, 0.05) is 51.4 Å². The Morgan fingerprint density at radius 3 is 1.57 bits per heavy atom. The molecule has 2 aliphatic rings. The normalized spacial score (nSPS) is 25.4. The zero-order valence-electron chi connectivity index (χ0n) is 13.6. The van der Waals surface area contributed by atoms with Crippen molar-refractivity contribution in [3.05, 3.63) is 71.8 Å². The van der Waals surface area contributed by atoms with E-state index in [9.17, 15) is 0 Å². The van der Waals surface area contributed by atoms with Gasteiger partial charge in [0.15, 0.2) is 0 Å². The second-order valence-electron chi connectivity index (χ2n) is 6.71. The van der Waals surface area contributed by atoms with Crippen molar-refractivity contribution in [1.29, 1.82) is 0 Å². The maximum absolute atomic E-state index is 3.61. The molecule has 2 aromatic rings. The lowest BCUT2D eigenvalue weighted by Gasteiger charge is -2.44. The standard InChI is InChI=1S/C20H25N3/c1-3-7-17(8-4-1)15-22-11-12-23(20-14-21-13-19(20)22)16-18-9-5-2-6-10-18/h1-10,19-21H,11-16H2. The second kappa shape index (κ2) is 6.83. The Kier molecular flexibility index (Phi) is 4.42. The Morgan fingerprint density at radius 2 is 1.13 bits per heavy atom. The lowest BCUT2D eigenvalue weighted by molar-refractivity contribution is 0.0355. The molecule has 2 saturated heterocycles. The van der Waals surface area contributed by atoms with Gasteiger partial charge in [-0.2, -0.15) is 0 Å². The molecule has 0 spiro atoms. The van der Waals surface area contributed by atoms with Crippen molar-refractivity contribution in [2.75, 3.05) is 26.2 Å². The fourth-order valence-electron chi connectivity index (χ4n) is 4.01. The number of hydrogen-bond donors (Lipinski definition) is 1. The summed E-state index contributed by atoms with van der Waals surface area (Å²) in [7, 11) is 0. The summed E-state index contributed by atoms with van der Waals surface area (Å²) in [6.45, 7) is 6.69. The second-order valence-corrected chi connectivity index (χ2v) is 6.71. The van der Waals surface area contributed by atoms with Crippen LogP contribution < -0.4 is 5.32 Å². The van der Waals surface area contributed by atoms with Crippen LogP contribution in [0.2, 0.25) is 0 Å². The minimum atomic E-state index is 0.632. The maximum Gasteiger partial charge on any atom is 0.0392 e. The molecule has 120 valence electrons. The first-order valence-electron chi connectivity index (χ1n) is 8.67. The van der Waals surface area contributed by atoms with Gasteiger partial charge in [0.05, 0.1) is 0 Å². The third-order valence-corrected chi connectivity index (χ3v) is 5.22. The van der Waals surface area contributed by atoms with Crippen molar-refractivity contribution in [2.24, 2.45) is 0 Å². The van der Waals surface area contributed by atoms with E-state index in [-0.39, 0.29) is 0 Å². The number of benzene rings is 2. The van der Waals surface area contributed by atoms with Gasteiger partial charge in [-0.15, -0.1) is 0 Å². The molecule has 0 saturated carbocycles. The summed E-state index contributed by atoms with van der Waals surface area (Å²) in [5.41, 5.74) is 2.85. The molecule has 3 nitrogen and oxygen atoms in total. The van der Waals surface area contributed by atoms with E-state index in [1.807, 2.05) is 0 Å². The molecular weight excluding hydrogens is 282 g/mol. The van der Waals surface area contributed by atoms with Gasteiger partial charge in [-0.1, -0.05) is 60.7 Å². The van der Waals surface area contributed by atoms with Crippen LogP contribution in [0.1, 0.15) is 11.1 Å². The average Bonchev–Trinajstić information content (AvgIpc) is 3.09. The summed E-state index contributed by atoms with van der Waals surface area (Å²) in [4.78, 5) is 5.34. The maximum atomic E-state index is 3.61. The van der Waals surface area contributed by atoms with E-state index >= 15 is 0 Å². The van der Waals surface area contributed by atoms with Crippen LogP contribution in [-0.2, 0) is 13.1 Å². The molecular formula is C20H25N3. The van der Waals surface area contributed by atoms with Crippen LogP contribution in [0, 0.1) is 0 Å². The number of nitrogens with zero attached hydrogens (tertiary/aromatic N) is 2. The lowest BCUT2D eigenvalue weighted by Crippen LogP contribution is -2.58. The SMILES string of the molecule is c1ccc(CN2CCN(Cc3ccccc3)C3CNCC32)cc1. The zero-order valence-corrected chi connectivity index (χ0v) is 13.6. The number of rotatable bonds is 4. The summed E-state index contributed by atoms with van der Waals surface area (Å²) in [5.74, 6) is 0. The van der Waals surface area contributed by atoms with Gasteiger partial charge in [0.25, 0.3) is 0 Å². The lowest BCUT2D eigenvalue weighted by atomic mass is 10.0. The summed E-state index contributed by atoms with van der Waals surface area (Å²) in [5, 5.41) is 3.61. The number of nitrogens with one attached hydrogen (secondary N) is 1. The predicted octanol–water partition coefficient (Wildman–Crippen LogP) is 2.34. The Morgan fingerprint density at radius 1 is 0.696 bits per heavy atom. The van der Waals surface area contributed by atoms with Gasteiger partial charge in [-0.05, 0) is 11.1 Å². The van der Waals surface area contributed by atoms with E-state index < -0.39 is 0 Å². The summed E-state index contributed by atoms with van der Waals surface area (Å²) < 4.78 is 0. The first-order chi connectivity index (χ1) is 11.4. The van der Waals surface area contributed by atoms with Gasteiger partial charge in [0.1, 0.15) is 0 Å². The molecule has 2 atom stereocenters. The topological polar surface area (TPSA) is 18.5 Å². The summed E-state index contributed by atoms with van der Waals surface area (Å²) in [6, 6.07) is 23.0. The van der Waals surface area contributed by atoms with Crippen molar-refractivity contribution in [3.8, 4) is 0 Å². The summed E-state index contributed by atoms with van der Waals surface area (Å²) in [6.07, 6.45) is 0. The molecule has 2 heterocycles. The molecule has 2 aromatic carbocycles. The van der Waals surface area contributed by atoms with E-state index in [2.05, 4.69) is 75.8 Å². The number of piperazine rings is 1.